The second-order valence-corrected chi connectivity index (χ2v) is 12.8. The molecule has 214 valence electrons. The van der Waals surface area contributed by atoms with E-state index in [0.717, 1.165) is 33.1 Å². The van der Waals surface area contributed by atoms with Gasteiger partial charge in [-0.3, -0.25) is 13.9 Å². The Morgan fingerprint density at radius 3 is 2.10 bits per heavy atom. The number of halogens is 1. The number of nitrogens with zero attached hydrogens (tertiary/aromatic N) is 2. The summed E-state index contributed by atoms with van der Waals surface area (Å²) in [5, 5.41) is 2.96. The molecule has 0 fully saturated rings. The van der Waals surface area contributed by atoms with Crippen molar-refractivity contribution >= 4 is 27.5 Å². The fourth-order valence-corrected chi connectivity index (χ4v) is 5.77. The van der Waals surface area contributed by atoms with E-state index in [1.807, 2.05) is 65.8 Å². The van der Waals surface area contributed by atoms with E-state index < -0.39 is 39.9 Å². The lowest BCUT2D eigenvalue weighted by atomic mass is 10.0. The molecule has 0 saturated heterocycles. The summed E-state index contributed by atoms with van der Waals surface area (Å²) in [5.41, 5.74) is 2.49. The number of benzene rings is 3. The highest BCUT2D eigenvalue weighted by Crippen LogP contribution is 2.25. The van der Waals surface area contributed by atoms with Crippen molar-refractivity contribution in [2.45, 2.75) is 71.0 Å². The van der Waals surface area contributed by atoms with E-state index in [0.29, 0.717) is 6.42 Å². The number of amides is 2. The molecule has 40 heavy (non-hydrogen) atoms. The highest BCUT2D eigenvalue weighted by atomic mass is 32.2. The van der Waals surface area contributed by atoms with E-state index in [9.17, 15) is 22.4 Å². The van der Waals surface area contributed by atoms with Crippen LogP contribution in [0.2, 0.25) is 0 Å². The maximum absolute atomic E-state index is 14.1. The van der Waals surface area contributed by atoms with Gasteiger partial charge in [0.25, 0.3) is 10.0 Å². The molecule has 2 amide bonds. The fraction of sp³-hybridized carbons (Fsp3) is 0.355. The zero-order valence-electron chi connectivity index (χ0n) is 23.9. The first-order valence-corrected chi connectivity index (χ1v) is 14.7. The number of carbonyl (C=O) groups excluding carboxylic acids is 2. The monoisotopic (exact) mass is 567 g/mol. The van der Waals surface area contributed by atoms with Crippen LogP contribution in [-0.4, -0.2) is 43.3 Å². The molecule has 0 aliphatic carbocycles. The Balaban J connectivity index is 2.07. The number of aryl methyl sites for hydroxylation is 2. The van der Waals surface area contributed by atoms with Gasteiger partial charge in [0, 0.05) is 12.1 Å². The van der Waals surface area contributed by atoms with Crippen LogP contribution in [0.15, 0.2) is 77.7 Å². The van der Waals surface area contributed by atoms with E-state index >= 15 is 0 Å². The van der Waals surface area contributed by atoms with Crippen molar-refractivity contribution in [3.05, 3.63) is 95.3 Å². The number of hydrogen-bond acceptors (Lipinski definition) is 4. The predicted octanol–water partition coefficient (Wildman–Crippen LogP) is 5.36. The number of anilines is 1. The summed E-state index contributed by atoms with van der Waals surface area (Å²) >= 11 is 0. The van der Waals surface area contributed by atoms with E-state index in [1.165, 1.54) is 17.0 Å². The summed E-state index contributed by atoms with van der Waals surface area (Å²) in [6, 6.07) is 18.0. The summed E-state index contributed by atoms with van der Waals surface area (Å²) in [5.74, 6) is -1.43. The van der Waals surface area contributed by atoms with Gasteiger partial charge in [-0.25, -0.2) is 12.8 Å². The third-order valence-electron chi connectivity index (χ3n) is 6.32. The average Bonchev–Trinajstić information content (AvgIpc) is 2.87. The maximum atomic E-state index is 14.1. The molecule has 3 aromatic rings. The molecular formula is C31H38FN3O4S. The van der Waals surface area contributed by atoms with E-state index in [2.05, 4.69) is 5.32 Å². The zero-order valence-corrected chi connectivity index (χ0v) is 24.8. The Bertz CT molecular complexity index is 1430. The summed E-state index contributed by atoms with van der Waals surface area (Å²) in [6.07, 6.45) is 0.328. The van der Waals surface area contributed by atoms with E-state index in [4.69, 9.17) is 0 Å². The van der Waals surface area contributed by atoms with E-state index in [-0.39, 0.29) is 23.0 Å². The first-order chi connectivity index (χ1) is 18.7. The van der Waals surface area contributed by atoms with Gasteiger partial charge in [0.2, 0.25) is 11.8 Å². The Hall–Kier alpha value is -3.72. The quantitative estimate of drug-likeness (QED) is 0.357. The molecule has 9 heteroatoms. The van der Waals surface area contributed by atoms with Crippen LogP contribution in [0.25, 0.3) is 0 Å². The van der Waals surface area contributed by atoms with E-state index in [1.54, 1.807) is 24.3 Å². The minimum atomic E-state index is -4.25. The van der Waals surface area contributed by atoms with Gasteiger partial charge in [-0.2, -0.15) is 0 Å². The summed E-state index contributed by atoms with van der Waals surface area (Å²) in [4.78, 5) is 28.7. The number of carbonyl (C=O) groups is 2. The van der Waals surface area contributed by atoms with Gasteiger partial charge in [-0.15, -0.1) is 0 Å². The second kappa shape index (κ2) is 12.6. The van der Waals surface area contributed by atoms with Gasteiger partial charge < -0.3 is 10.2 Å². The van der Waals surface area contributed by atoms with Crippen molar-refractivity contribution in [1.82, 2.24) is 10.2 Å². The third kappa shape index (κ3) is 7.91. The van der Waals surface area contributed by atoms with Crippen LogP contribution in [0, 0.1) is 19.7 Å². The molecule has 1 atom stereocenters. The lowest BCUT2D eigenvalue weighted by Gasteiger charge is -2.34. The number of rotatable bonds is 10. The zero-order chi connectivity index (χ0) is 29.7. The number of hydrogen-bond donors (Lipinski definition) is 1. The first-order valence-electron chi connectivity index (χ1n) is 13.2. The molecule has 0 aliphatic heterocycles. The highest BCUT2D eigenvalue weighted by Gasteiger charge is 2.34. The lowest BCUT2D eigenvalue weighted by Crippen LogP contribution is -2.55. The highest BCUT2D eigenvalue weighted by molar-refractivity contribution is 7.92. The van der Waals surface area contributed by atoms with Crippen molar-refractivity contribution in [1.29, 1.82) is 0 Å². The molecule has 7 nitrogen and oxygen atoms in total. The molecule has 3 rings (SSSR count). The van der Waals surface area contributed by atoms with Crippen molar-refractivity contribution in [2.24, 2.45) is 0 Å². The second-order valence-electron chi connectivity index (χ2n) is 11.0. The molecule has 0 aliphatic rings. The molecule has 0 radical (unpaired) electrons. The maximum Gasteiger partial charge on any atom is 0.264 e. The van der Waals surface area contributed by atoms with Crippen LogP contribution in [0.5, 0.6) is 0 Å². The van der Waals surface area contributed by atoms with Crippen molar-refractivity contribution in [3.8, 4) is 0 Å². The van der Waals surface area contributed by atoms with Gasteiger partial charge >= 0.3 is 0 Å². The molecular weight excluding hydrogens is 529 g/mol. The third-order valence-corrected chi connectivity index (χ3v) is 8.11. The van der Waals surface area contributed by atoms with Crippen LogP contribution in [0.4, 0.5) is 10.1 Å². The largest absolute Gasteiger partial charge is 0.350 e. The van der Waals surface area contributed by atoms with Gasteiger partial charge in [-0.1, -0.05) is 54.4 Å². The molecule has 0 saturated carbocycles. The number of sulfonamides is 1. The van der Waals surface area contributed by atoms with Crippen molar-refractivity contribution < 1.29 is 22.4 Å². The van der Waals surface area contributed by atoms with Gasteiger partial charge in [0.05, 0.1) is 10.6 Å². The van der Waals surface area contributed by atoms with Crippen molar-refractivity contribution in [2.75, 3.05) is 10.8 Å². The molecule has 1 N–H and O–H groups in total. The van der Waals surface area contributed by atoms with Crippen molar-refractivity contribution in [3.63, 3.8) is 0 Å². The van der Waals surface area contributed by atoms with Gasteiger partial charge in [0.1, 0.15) is 18.4 Å². The molecule has 0 spiro atoms. The van der Waals surface area contributed by atoms with Crippen LogP contribution >= 0.6 is 0 Å². The number of nitrogens with one attached hydrogen (secondary N) is 1. The van der Waals surface area contributed by atoms with Crippen LogP contribution < -0.4 is 9.62 Å². The van der Waals surface area contributed by atoms with Gasteiger partial charge in [-0.05, 0) is 83.0 Å². The standard InChI is InChI=1S/C31H38FN3O4S/c1-7-28(30(37)33-31(4,5)6)34(20-24-10-8-9-23(3)19-24)29(36)21-35(26-15-11-22(2)12-16-26)40(38,39)27-17-13-25(32)14-18-27/h8-19,28H,7,20-21H2,1-6H3,(H,33,37)/t28-/m1/s1. The summed E-state index contributed by atoms with van der Waals surface area (Å²) in [7, 11) is -4.25. The van der Waals surface area contributed by atoms with Gasteiger partial charge in [0.15, 0.2) is 0 Å². The fourth-order valence-electron chi connectivity index (χ4n) is 4.35. The molecule has 0 heterocycles. The Labute approximate surface area is 237 Å². The molecule has 0 unspecified atom stereocenters. The smallest absolute Gasteiger partial charge is 0.264 e. The van der Waals surface area contributed by atoms with Crippen LogP contribution in [0.1, 0.15) is 50.8 Å². The Kier molecular flexibility index (Phi) is 9.73. The molecule has 0 bridgehead atoms. The normalized spacial score (nSPS) is 12.5. The summed E-state index contributed by atoms with van der Waals surface area (Å²) < 4.78 is 42.2. The summed E-state index contributed by atoms with van der Waals surface area (Å²) in [6.45, 7) is 10.8. The Morgan fingerprint density at radius 2 is 1.55 bits per heavy atom. The molecule has 0 aromatic heterocycles. The lowest BCUT2D eigenvalue weighted by molar-refractivity contribution is -0.141. The predicted molar refractivity (Wildman–Crippen MR) is 156 cm³/mol. The first kappa shape index (κ1) is 30.8. The minimum absolute atomic E-state index is 0.120. The minimum Gasteiger partial charge on any atom is -0.350 e. The average molecular weight is 568 g/mol. The SMILES string of the molecule is CC[C@H](C(=O)NC(C)(C)C)N(Cc1cccc(C)c1)C(=O)CN(c1ccc(C)cc1)S(=O)(=O)c1ccc(F)cc1. The van der Waals surface area contributed by atoms with Crippen LogP contribution in [0.3, 0.4) is 0 Å². The molecule has 3 aromatic carbocycles. The Morgan fingerprint density at radius 1 is 0.925 bits per heavy atom. The van der Waals surface area contributed by atoms with Crippen LogP contribution in [-0.2, 0) is 26.2 Å². The topological polar surface area (TPSA) is 86.8 Å².